The number of nitrogens with two attached hydrogens (primary N) is 1. The first kappa shape index (κ1) is 14.1. The first-order valence-electron chi connectivity index (χ1n) is 7.03. The van der Waals surface area contributed by atoms with Crippen molar-refractivity contribution in [2.24, 2.45) is 11.7 Å². The fraction of sp³-hybridized carbons (Fsp3) is 0.714. The molecule has 2 rings (SSSR count). The highest BCUT2D eigenvalue weighted by Crippen LogP contribution is 2.33. The summed E-state index contributed by atoms with van der Waals surface area (Å²) >= 11 is 0. The third-order valence-corrected chi connectivity index (χ3v) is 4.05. The number of rotatable bonds is 4. The van der Waals surface area contributed by atoms with Gasteiger partial charge in [0, 0.05) is 12.6 Å². The van der Waals surface area contributed by atoms with Gasteiger partial charge in [0.25, 0.3) is 0 Å². The maximum atomic E-state index is 12.5. The summed E-state index contributed by atoms with van der Waals surface area (Å²) in [5.41, 5.74) is 6.91. The standard InChI is InChI=1S/C14H23N3O2/c1-4-9(2)13(15)14(18)17-7-5-6-11(17)12-8-10(3)16-19-12/h8-9,11,13H,4-7,15H2,1-3H3/t9-,11?,13-/m0/s1. The molecule has 1 aliphatic heterocycles. The minimum atomic E-state index is -0.422. The van der Waals surface area contributed by atoms with Gasteiger partial charge in [-0.2, -0.15) is 0 Å². The molecule has 106 valence electrons. The molecule has 0 aromatic carbocycles. The molecule has 2 N–H and O–H groups in total. The van der Waals surface area contributed by atoms with Crippen molar-refractivity contribution in [1.29, 1.82) is 0 Å². The lowest BCUT2D eigenvalue weighted by atomic mass is 9.98. The van der Waals surface area contributed by atoms with Crippen molar-refractivity contribution in [3.8, 4) is 0 Å². The van der Waals surface area contributed by atoms with E-state index < -0.39 is 6.04 Å². The fourth-order valence-electron chi connectivity index (χ4n) is 2.56. The zero-order valence-corrected chi connectivity index (χ0v) is 11.9. The predicted octanol–water partition coefficient (Wildman–Crippen LogP) is 2.02. The van der Waals surface area contributed by atoms with Crippen molar-refractivity contribution >= 4 is 5.91 Å². The van der Waals surface area contributed by atoms with Gasteiger partial charge in [-0.05, 0) is 25.7 Å². The second-order valence-corrected chi connectivity index (χ2v) is 5.47. The second-order valence-electron chi connectivity index (χ2n) is 5.47. The molecule has 0 radical (unpaired) electrons. The molecule has 1 aliphatic rings. The summed E-state index contributed by atoms with van der Waals surface area (Å²) in [6.07, 6.45) is 2.82. The van der Waals surface area contributed by atoms with Crippen LogP contribution in [0, 0.1) is 12.8 Å². The maximum absolute atomic E-state index is 12.5. The Kier molecular flexibility index (Phi) is 4.24. The molecule has 19 heavy (non-hydrogen) atoms. The average molecular weight is 265 g/mol. The minimum Gasteiger partial charge on any atom is -0.359 e. The normalized spacial score (nSPS) is 22.5. The lowest BCUT2D eigenvalue weighted by molar-refractivity contribution is -0.135. The third kappa shape index (κ3) is 2.81. The SMILES string of the molecule is CC[C@H](C)[C@H](N)C(=O)N1CCCC1c1cc(C)no1. The van der Waals surface area contributed by atoms with E-state index in [-0.39, 0.29) is 17.9 Å². The molecule has 0 spiro atoms. The van der Waals surface area contributed by atoms with Gasteiger partial charge < -0.3 is 15.2 Å². The van der Waals surface area contributed by atoms with Crippen LogP contribution in [0.4, 0.5) is 0 Å². The monoisotopic (exact) mass is 265 g/mol. The number of carbonyl (C=O) groups is 1. The maximum Gasteiger partial charge on any atom is 0.240 e. The van der Waals surface area contributed by atoms with E-state index in [1.165, 1.54) is 0 Å². The number of carbonyl (C=O) groups excluding carboxylic acids is 1. The van der Waals surface area contributed by atoms with Gasteiger partial charge >= 0.3 is 0 Å². The summed E-state index contributed by atoms with van der Waals surface area (Å²) < 4.78 is 5.31. The van der Waals surface area contributed by atoms with Crippen LogP contribution in [-0.2, 0) is 4.79 Å². The van der Waals surface area contributed by atoms with E-state index in [2.05, 4.69) is 12.1 Å². The van der Waals surface area contributed by atoms with Crippen LogP contribution in [0.3, 0.4) is 0 Å². The molecule has 1 aromatic heterocycles. The zero-order chi connectivity index (χ0) is 14.0. The average Bonchev–Trinajstić information content (AvgIpc) is 3.04. The molecule has 0 aliphatic carbocycles. The Morgan fingerprint density at radius 2 is 2.42 bits per heavy atom. The van der Waals surface area contributed by atoms with E-state index in [0.717, 1.165) is 37.3 Å². The Morgan fingerprint density at radius 3 is 3.00 bits per heavy atom. The molecule has 1 saturated heterocycles. The summed E-state index contributed by atoms with van der Waals surface area (Å²) in [5, 5.41) is 3.91. The van der Waals surface area contributed by atoms with E-state index in [0.29, 0.717) is 0 Å². The number of aromatic nitrogens is 1. The summed E-state index contributed by atoms with van der Waals surface area (Å²) in [6, 6.07) is 1.49. The van der Waals surface area contributed by atoms with Gasteiger partial charge in [0.2, 0.25) is 5.91 Å². The lowest BCUT2D eigenvalue weighted by Crippen LogP contribution is -2.46. The van der Waals surface area contributed by atoms with E-state index in [4.69, 9.17) is 10.3 Å². The van der Waals surface area contributed by atoms with E-state index in [1.54, 1.807) is 0 Å². The number of nitrogens with zero attached hydrogens (tertiary/aromatic N) is 2. The molecule has 1 fully saturated rings. The van der Waals surface area contributed by atoms with Crippen LogP contribution in [0.2, 0.25) is 0 Å². The molecule has 0 bridgehead atoms. The number of hydrogen-bond donors (Lipinski definition) is 1. The molecule has 5 heteroatoms. The topological polar surface area (TPSA) is 72.4 Å². The van der Waals surface area contributed by atoms with Crippen LogP contribution >= 0.6 is 0 Å². The van der Waals surface area contributed by atoms with Gasteiger partial charge in [0.1, 0.15) is 0 Å². The summed E-state index contributed by atoms with van der Waals surface area (Å²) in [6.45, 7) is 6.72. The van der Waals surface area contributed by atoms with Gasteiger partial charge in [-0.3, -0.25) is 4.79 Å². The van der Waals surface area contributed by atoms with Crippen LogP contribution in [0.25, 0.3) is 0 Å². The van der Waals surface area contributed by atoms with Crippen molar-refractivity contribution in [3.63, 3.8) is 0 Å². The molecule has 5 nitrogen and oxygen atoms in total. The largest absolute Gasteiger partial charge is 0.359 e. The fourth-order valence-corrected chi connectivity index (χ4v) is 2.56. The number of aryl methyl sites for hydroxylation is 1. The smallest absolute Gasteiger partial charge is 0.240 e. The van der Waals surface area contributed by atoms with Crippen LogP contribution in [0.1, 0.15) is 50.6 Å². The Bertz CT molecular complexity index is 444. The Labute approximate surface area is 114 Å². The summed E-state index contributed by atoms with van der Waals surface area (Å²) in [5.74, 6) is 1.01. The van der Waals surface area contributed by atoms with Gasteiger partial charge in [0.15, 0.2) is 5.76 Å². The summed E-state index contributed by atoms with van der Waals surface area (Å²) in [4.78, 5) is 14.3. The van der Waals surface area contributed by atoms with E-state index >= 15 is 0 Å². The summed E-state index contributed by atoms with van der Waals surface area (Å²) in [7, 11) is 0. The highest BCUT2D eigenvalue weighted by Gasteiger charge is 2.35. The predicted molar refractivity (Wildman–Crippen MR) is 72.4 cm³/mol. The van der Waals surface area contributed by atoms with Gasteiger partial charge in [-0.1, -0.05) is 25.4 Å². The molecule has 1 unspecified atom stereocenters. The highest BCUT2D eigenvalue weighted by atomic mass is 16.5. The minimum absolute atomic E-state index is 0.00352. The second kappa shape index (κ2) is 5.74. The Morgan fingerprint density at radius 1 is 1.68 bits per heavy atom. The van der Waals surface area contributed by atoms with E-state index in [9.17, 15) is 4.79 Å². The molecular weight excluding hydrogens is 242 g/mol. The van der Waals surface area contributed by atoms with Crippen molar-refractivity contribution in [2.75, 3.05) is 6.54 Å². The van der Waals surface area contributed by atoms with Crippen LogP contribution < -0.4 is 5.73 Å². The molecule has 3 atom stereocenters. The zero-order valence-electron chi connectivity index (χ0n) is 11.9. The first-order chi connectivity index (χ1) is 9.04. The molecule has 0 saturated carbocycles. The third-order valence-electron chi connectivity index (χ3n) is 4.05. The number of amides is 1. The van der Waals surface area contributed by atoms with Crippen LogP contribution in [-0.4, -0.2) is 28.6 Å². The Hall–Kier alpha value is -1.36. The molecule has 1 amide bonds. The van der Waals surface area contributed by atoms with Crippen molar-refractivity contribution in [2.45, 2.75) is 52.1 Å². The van der Waals surface area contributed by atoms with Crippen LogP contribution in [0.5, 0.6) is 0 Å². The van der Waals surface area contributed by atoms with Crippen molar-refractivity contribution < 1.29 is 9.32 Å². The highest BCUT2D eigenvalue weighted by molar-refractivity contribution is 5.82. The van der Waals surface area contributed by atoms with Crippen molar-refractivity contribution in [1.82, 2.24) is 10.1 Å². The van der Waals surface area contributed by atoms with Crippen LogP contribution in [0.15, 0.2) is 10.6 Å². The first-order valence-corrected chi connectivity index (χ1v) is 7.03. The van der Waals surface area contributed by atoms with E-state index in [1.807, 2.05) is 24.8 Å². The molecule has 2 heterocycles. The molecular formula is C14H23N3O2. The lowest BCUT2D eigenvalue weighted by Gasteiger charge is -2.28. The van der Waals surface area contributed by atoms with Gasteiger partial charge in [-0.15, -0.1) is 0 Å². The van der Waals surface area contributed by atoms with Crippen molar-refractivity contribution in [3.05, 3.63) is 17.5 Å². The Balaban J connectivity index is 2.12. The number of likely N-dealkylation sites (tertiary alicyclic amines) is 1. The quantitative estimate of drug-likeness (QED) is 0.904. The number of hydrogen-bond acceptors (Lipinski definition) is 4. The van der Waals surface area contributed by atoms with Gasteiger partial charge in [-0.25, -0.2) is 0 Å². The molecule has 1 aromatic rings. The van der Waals surface area contributed by atoms with Gasteiger partial charge in [0.05, 0.1) is 17.8 Å².